The predicted octanol–water partition coefficient (Wildman–Crippen LogP) is 1.47. The van der Waals surface area contributed by atoms with Crippen molar-refractivity contribution in [2.45, 2.75) is 43.7 Å². The maximum atomic E-state index is 12.5. The average Bonchev–Trinajstić information content (AvgIpc) is 3.13. The molecule has 2 heterocycles. The van der Waals surface area contributed by atoms with Crippen molar-refractivity contribution in [2.24, 2.45) is 0 Å². The normalized spacial score (nSPS) is 29.7. The first-order chi connectivity index (χ1) is 11.6. The van der Waals surface area contributed by atoms with E-state index in [1.165, 1.54) is 0 Å². The highest BCUT2D eigenvalue weighted by atomic mass is 17.0. The molecule has 8 nitrogen and oxygen atoms in total. The molecule has 0 radical (unpaired) electrons. The fraction of sp³-hybridized carbons (Fsp3) is 0.562. The highest BCUT2D eigenvalue weighted by Gasteiger charge is 2.51. The minimum absolute atomic E-state index is 0.0419. The average molecular weight is 337 g/mol. The van der Waals surface area contributed by atoms with Crippen LogP contribution in [0.3, 0.4) is 0 Å². The van der Waals surface area contributed by atoms with E-state index in [-0.39, 0.29) is 25.1 Å². The van der Waals surface area contributed by atoms with Crippen LogP contribution in [-0.4, -0.2) is 48.7 Å². The van der Waals surface area contributed by atoms with E-state index in [1.54, 1.807) is 0 Å². The van der Waals surface area contributed by atoms with Crippen LogP contribution in [0.1, 0.15) is 24.8 Å². The summed E-state index contributed by atoms with van der Waals surface area (Å²) in [6, 6.07) is 9.41. The molecule has 130 valence electrons. The first-order valence-electron chi connectivity index (χ1n) is 7.90. The molecule has 0 spiro atoms. The van der Waals surface area contributed by atoms with Crippen molar-refractivity contribution in [3.8, 4) is 0 Å². The largest absolute Gasteiger partial charge is 0.457 e. The Labute approximate surface area is 138 Å². The predicted molar refractivity (Wildman–Crippen MR) is 80.7 cm³/mol. The molecule has 0 aliphatic carbocycles. The van der Waals surface area contributed by atoms with Crippen LogP contribution in [0.4, 0.5) is 0 Å². The number of ether oxygens (including phenoxy) is 3. The summed E-state index contributed by atoms with van der Waals surface area (Å²) in [5, 5.41) is 9.62. The molecule has 2 aliphatic rings. The van der Waals surface area contributed by atoms with Crippen molar-refractivity contribution >= 4 is 5.97 Å². The van der Waals surface area contributed by atoms with Crippen molar-refractivity contribution in [3.63, 3.8) is 0 Å². The van der Waals surface area contributed by atoms with Gasteiger partial charge in [-0.2, -0.15) is 0 Å². The number of carbonyl (C=O) groups excluding carboxylic acids is 1. The molecule has 1 unspecified atom stereocenters. The number of rotatable bonds is 6. The quantitative estimate of drug-likeness (QED) is 0.440. The van der Waals surface area contributed by atoms with Gasteiger partial charge in [0.05, 0.1) is 19.1 Å². The van der Waals surface area contributed by atoms with Crippen molar-refractivity contribution < 1.29 is 28.9 Å². The molecule has 0 bridgehead atoms. The minimum atomic E-state index is -0.860. The van der Waals surface area contributed by atoms with E-state index in [0.29, 0.717) is 6.42 Å². The summed E-state index contributed by atoms with van der Waals surface area (Å²) in [5.41, 5.74) is 0.891. The lowest BCUT2D eigenvalue weighted by molar-refractivity contribution is -0.769. The Morgan fingerprint density at radius 1 is 1.25 bits per heavy atom. The molecule has 8 heteroatoms. The second-order valence-corrected chi connectivity index (χ2v) is 5.81. The zero-order valence-electron chi connectivity index (χ0n) is 13.2. The molecule has 0 saturated carbocycles. The van der Waals surface area contributed by atoms with E-state index in [9.17, 15) is 14.9 Å². The number of nitrogens with zero attached hydrogens (tertiary/aromatic N) is 1. The number of hydrogen-bond donors (Lipinski definition) is 0. The fourth-order valence-corrected chi connectivity index (χ4v) is 3.19. The zero-order valence-corrected chi connectivity index (χ0v) is 13.2. The van der Waals surface area contributed by atoms with E-state index in [2.05, 4.69) is 4.84 Å². The van der Waals surface area contributed by atoms with E-state index < -0.39 is 29.5 Å². The van der Waals surface area contributed by atoms with Gasteiger partial charge in [0, 0.05) is 0 Å². The minimum Gasteiger partial charge on any atom is -0.457 e. The molecule has 1 aromatic carbocycles. The molecule has 0 aromatic heterocycles. The van der Waals surface area contributed by atoms with E-state index in [4.69, 9.17) is 14.2 Å². The zero-order chi connectivity index (χ0) is 17.1. The standard InChI is InChI=1S/C16H19NO7/c1-2-11(10-6-4-3-5-7-10)16(18)23-12-8-21-15-13(24-17(19)20)9-22-14(12)15/h3-7,11-15H,2,8-9H2,1H3/t11?,12-,13+,14+,15+/m0/s1. The number of carbonyl (C=O) groups is 1. The number of esters is 1. The van der Waals surface area contributed by atoms with E-state index in [1.807, 2.05) is 37.3 Å². The van der Waals surface area contributed by atoms with Crippen LogP contribution in [0, 0.1) is 10.1 Å². The summed E-state index contributed by atoms with van der Waals surface area (Å²) in [6.45, 7) is 2.10. The SMILES string of the molecule is CCC(C(=O)O[C@H]1CO[C@H]2[C@@H]1OC[C@H]2O[N+](=O)[O-])c1ccccc1. The van der Waals surface area contributed by atoms with Crippen LogP contribution in [0.25, 0.3) is 0 Å². The van der Waals surface area contributed by atoms with Gasteiger partial charge >= 0.3 is 5.97 Å². The molecule has 2 aliphatic heterocycles. The smallest absolute Gasteiger partial charge is 0.313 e. The van der Waals surface area contributed by atoms with E-state index in [0.717, 1.165) is 5.56 Å². The summed E-state index contributed by atoms with van der Waals surface area (Å²) in [6.07, 6.45) is -1.89. The van der Waals surface area contributed by atoms with Gasteiger partial charge in [0.1, 0.15) is 12.2 Å². The third kappa shape index (κ3) is 3.34. The van der Waals surface area contributed by atoms with Crippen LogP contribution in [0.2, 0.25) is 0 Å². The van der Waals surface area contributed by atoms with Crippen molar-refractivity contribution in [1.29, 1.82) is 0 Å². The number of fused-ring (bicyclic) bond motifs is 1. The second kappa shape index (κ2) is 7.14. The molecule has 24 heavy (non-hydrogen) atoms. The van der Waals surface area contributed by atoms with Gasteiger partial charge in [-0.25, -0.2) is 0 Å². The summed E-state index contributed by atoms with van der Waals surface area (Å²) in [7, 11) is 0. The Bertz CT molecular complexity index is 593. The van der Waals surface area contributed by atoms with Crippen LogP contribution >= 0.6 is 0 Å². The Balaban J connectivity index is 1.62. The van der Waals surface area contributed by atoms with Crippen molar-refractivity contribution in [3.05, 3.63) is 46.0 Å². The van der Waals surface area contributed by atoms with Crippen molar-refractivity contribution in [1.82, 2.24) is 0 Å². The van der Waals surface area contributed by atoms with Gasteiger partial charge in [-0.05, 0) is 12.0 Å². The van der Waals surface area contributed by atoms with Gasteiger partial charge in [-0.15, -0.1) is 10.1 Å². The highest BCUT2D eigenvalue weighted by molar-refractivity contribution is 5.78. The van der Waals surface area contributed by atoms with Gasteiger partial charge in [-0.1, -0.05) is 37.3 Å². The first-order valence-corrected chi connectivity index (χ1v) is 7.90. The maximum Gasteiger partial charge on any atom is 0.313 e. The van der Waals surface area contributed by atoms with Gasteiger partial charge in [0.25, 0.3) is 5.09 Å². The molecular weight excluding hydrogens is 318 g/mol. The summed E-state index contributed by atoms with van der Waals surface area (Å²) in [4.78, 5) is 27.5. The number of hydrogen-bond acceptors (Lipinski definition) is 7. The summed E-state index contributed by atoms with van der Waals surface area (Å²) >= 11 is 0. The van der Waals surface area contributed by atoms with E-state index >= 15 is 0 Å². The monoisotopic (exact) mass is 337 g/mol. The molecule has 0 N–H and O–H groups in total. The fourth-order valence-electron chi connectivity index (χ4n) is 3.19. The Morgan fingerprint density at radius 2 is 1.88 bits per heavy atom. The lowest BCUT2D eigenvalue weighted by atomic mass is 9.96. The van der Waals surface area contributed by atoms with Crippen molar-refractivity contribution in [2.75, 3.05) is 13.2 Å². The highest BCUT2D eigenvalue weighted by Crippen LogP contribution is 2.32. The van der Waals surface area contributed by atoms with Crippen LogP contribution in [-0.2, 0) is 23.8 Å². The summed E-state index contributed by atoms with van der Waals surface area (Å²) < 4.78 is 16.6. The maximum absolute atomic E-state index is 12.5. The lowest BCUT2D eigenvalue weighted by Gasteiger charge is -2.20. The third-order valence-electron chi connectivity index (χ3n) is 4.35. The molecule has 2 fully saturated rings. The third-order valence-corrected chi connectivity index (χ3v) is 4.35. The molecule has 3 rings (SSSR count). The second-order valence-electron chi connectivity index (χ2n) is 5.81. The topological polar surface area (TPSA) is 97.1 Å². The summed E-state index contributed by atoms with van der Waals surface area (Å²) in [5.74, 6) is -0.710. The molecule has 1 aromatic rings. The molecule has 0 amide bonds. The van der Waals surface area contributed by atoms with Gasteiger partial charge < -0.3 is 19.0 Å². The molecule has 2 saturated heterocycles. The van der Waals surface area contributed by atoms with Gasteiger partial charge in [-0.3, -0.25) is 4.79 Å². The molecule has 5 atom stereocenters. The molecular formula is C16H19NO7. The lowest BCUT2D eigenvalue weighted by Crippen LogP contribution is -2.36. The Kier molecular flexibility index (Phi) is 4.96. The van der Waals surface area contributed by atoms with Gasteiger partial charge in [0.2, 0.25) is 0 Å². The first kappa shape index (κ1) is 16.7. The van der Waals surface area contributed by atoms with Crippen LogP contribution in [0.15, 0.2) is 30.3 Å². The van der Waals surface area contributed by atoms with Gasteiger partial charge in [0.15, 0.2) is 12.2 Å². The Hall–Kier alpha value is -2.19. The Morgan fingerprint density at radius 3 is 2.50 bits per heavy atom. The number of benzene rings is 1. The van der Waals surface area contributed by atoms with Crippen LogP contribution < -0.4 is 0 Å². The van der Waals surface area contributed by atoms with Crippen LogP contribution in [0.5, 0.6) is 0 Å².